The van der Waals surface area contributed by atoms with E-state index in [-0.39, 0.29) is 5.41 Å². The molecule has 2 heterocycles. The molecule has 3 nitrogen and oxygen atoms in total. The lowest BCUT2D eigenvalue weighted by Crippen LogP contribution is -2.21. The molecule has 5 rings (SSSR count). The maximum absolute atomic E-state index is 13.0. The van der Waals surface area contributed by atoms with Crippen LogP contribution in [0, 0.1) is 5.41 Å². The first kappa shape index (κ1) is 14.6. The highest BCUT2D eigenvalue weighted by atomic mass is 16.1. The van der Waals surface area contributed by atoms with Gasteiger partial charge >= 0.3 is 0 Å². The van der Waals surface area contributed by atoms with E-state index in [2.05, 4.69) is 34.2 Å². The Hall–Kier alpha value is -2.68. The molecule has 1 saturated carbocycles. The van der Waals surface area contributed by atoms with Crippen LogP contribution >= 0.6 is 0 Å². The van der Waals surface area contributed by atoms with Crippen molar-refractivity contribution >= 4 is 5.78 Å². The molecule has 0 radical (unpaired) electrons. The van der Waals surface area contributed by atoms with Gasteiger partial charge in [0.25, 0.3) is 0 Å². The predicted molar refractivity (Wildman–Crippen MR) is 97.6 cm³/mol. The quantitative estimate of drug-likeness (QED) is 0.765. The number of Topliss-reactive ketones (excluding diaryl/α,β-unsaturated/α-hetero) is 1. The van der Waals surface area contributed by atoms with Crippen LogP contribution in [0.25, 0.3) is 11.3 Å². The van der Waals surface area contributed by atoms with E-state index >= 15 is 0 Å². The summed E-state index contributed by atoms with van der Waals surface area (Å²) in [5, 5.41) is 0. The number of hydrogen-bond donors (Lipinski definition) is 1. The van der Waals surface area contributed by atoms with Gasteiger partial charge in [-0.2, -0.15) is 0 Å². The second-order valence-corrected chi connectivity index (χ2v) is 7.51. The molecule has 1 fully saturated rings. The number of benzene rings is 1. The first-order chi connectivity index (χ1) is 12.2. The second-order valence-electron chi connectivity index (χ2n) is 7.51. The number of pyridine rings is 1. The zero-order valence-corrected chi connectivity index (χ0v) is 14.1. The average molecular weight is 328 g/mol. The van der Waals surface area contributed by atoms with Gasteiger partial charge in [-0.05, 0) is 47.9 Å². The number of carbonyl (C=O) groups is 1. The van der Waals surface area contributed by atoms with Crippen molar-refractivity contribution in [3.63, 3.8) is 0 Å². The van der Waals surface area contributed by atoms with Crippen LogP contribution in [0.2, 0.25) is 0 Å². The SMILES string of the molecule is O=C1CC2(CC2)Cc2[nH]c(-c3ccncc3)c(Cc3ccccc3)c21. The zero-order chi connectivity index (χ0) is 16.9. The molecule has 0 bridgehead atoms. The lowest BCUT2D eigenvalue weighted by molar-refractivity contribution is 0.0940. The monoisotopic (exact) mass is 328 g/mol. The number of nitrogens with zero attached hydrogens (tertiary/aromatic N) is 1. The van der Waals surface area contributed by atoms with Gasteiger partial charge in [-0.25, -0.2) is 0 Å². The molecule has 3 heteroatoms. The minimum absolute atomic E-state index is 0.258. The number of aromatic amines is 1. The second kappa shape index (κ2) is 5.41. The van der Waals surface area contributed by atoms with Crippen LogP contribution < -0.4 is 0 Å². The summed E-state index contributed by atoms with van der Waals surface area (Å²) in [6.07, 6.45) is 8.52. The summed E-state index contributed by atoms with van der Waals surface area (Å²) in [6.45, 7) is 0. The molecule has 0 saturated heterocycles. The Balaban J connectivity index is 1.66. The van der Waals surface area contributed by atoms with Crippen molar-refractivity contribution in [2.45, 2.75) is 32.1 Å². The highest BCUT2D eigenvalue weighted by molar-refractivity contribution is 6.02. The Morgan fingerprint density at radius 3 is 2.48 bits per heavy atom. The van der Waals surface area contributed by atoms with E-state index in [4.69, 9.17) is 0 Å². The van der Waals surface area contributed by atoms with Crippen LogP contribution in [0.4, 0.5) is 0 Å². The lowest BCUT2D eigenvalue weighted by atomic mass is 9.82. The normalized spacial score (nSPS) is 17.5. The first-order valence-electron chi connectivity index (χ1n) is 8.95. The Morgan fingerprint density at radius 1 is 1.00 bits per heavy atom. The molecular weight excluding hydrogens is 308 g/mol. The number of H-pyrrole nitrogens is 1. The molecule has 0 unspecified atom stereocenters. The number of hydrogen-bond acceptors (Lipinski definition) is 2. The summed E-state index contributed by atoms with van der Waals surface area (Å²) in [6, 6.07) is 14.4. The number of rotatable bonds is 3. The molecule has 1 aromatic carbocycles. The van der Waals surface area contributed by atoms with Crippen molar-refractivity contribution < 1.29 is 4.79 Å². The average Bonchev–Trinajstić information content (AvgIpc) is 3.27. The van der Waals surface area contributed by atoms with Gasteiger partial charge < -0.3 is 4.98 Å². The minimum atomic E-state index is 0.258. The van der Waals surface area contributed by atoms with Crippen LogP contribution in [0.15, 0.2) is 54.9 Å². The van der Waals surface area contributed by atoms with E-state index in [1.54, 1.807) is 0 Å². The third-order valence-corrected chi connectivity index (χ3v) is 5.70. The van der Waals surface area contributed by atoms with Crippen LogP contribution in [0.1, 0.15) is 46.4 Å². The van der Waals surface area contributed by atoms with Crippen molar-refractivity contribution in [2.24, 2.45) is 5.41 Å². The maximum Gasteiger partial charge on any atom is 0.165 e. The molecule has 25 heavy (non-hydrogen) atoms. The van der Waals surface area contributed by atoms with Gasteiger partial charge in [-0.3, -0.25) is 9.78 Å². The molecule has 0 aliphatic heterocycles. The van der Waals surface area contributed by atoms with Gasteiger partial charge in [0.05, 0.1) is 5.69 Å². The number of carbonyl (C=O) groups excluding carboxylic acids is 1. The van der Waals surface area contributed by atoms with E-state index in [0.717, 1.165) is 47.3 Å². The molecule has 0 amide bonds. The van der Waals surface area contributed by atoms with Gasteiger partial charge in [-0.1, -0.05) is 30.3 Å². The van der Waals surface area contributed by atoms with Crippen LogP contribution in [0.5, 0.6) is 0 Å². The summed E-state index contributed by atoms with van der Waals surface area (Å²) >= 11 is 0. The van der Waals surface area contributed by atoms with Crippen molar-refractivity contribution in [1.82, 2.24) is 9.97 Å². The number of fused-ring (bicyclic) bond motifs is 1. The van der Waals surface area contributed by atoms with Crippen LogP contribution in [0.3, 0.4) is 0 Å². The molecule has 2 aliphatic rings. The fraction of sp³-hybridized carbons (Fsp3) is 0.273. The molecular formula is C22H20N2O. The van der Waals surface area contributed by atoms with Gasteiger partial charge in [0.15, 0.2) is 5.78 Å². The first-order valence-corrected chi connectivity index (χ1v) is 8.95. The van der Waals surface area contributed by atoms with E-state index in [0.29, 0.717) is 5.78 Å². The highest BCUT2D eigenvalue weighted by Gasteiger charge is 2.49. The maximum atomic E-state index is 13.0. The highest BCUT2D eigenvalue weighted by Crippen LogP contribution is 2.55. The van der Waals surface area contributed by atoms with Crippen molar-refractivity contribution in [2.75, 3.05) is 0 Å². The fourth-order valence-electron chi connectivity index (χ4n) is 4.20. The van der Waals surface area contributed by atoms with Gasteiger partial charge in [0.2, 0.25) is 0 Å². The summed E-state index contributed by atoms with van der Waals surface area (Å²) in [5.74, 6) is 0.321. The van der Waals surface area contributed by atoms with Crippen molar-refractivity contribution in [1.29, 1.82) is 0 Å². The smallest absolute Gasteiger partial charge is 0.165 e. The minimum Gasteiger partial charge on any atom is -0.358 e. The Labute approximate surface area is 147 Å². The third kappa shape index (κ3) is 2.51. The number of nitrogens with one attached hydrogen (secondary N) is 1. The Bertz CT molecular complexity index is 937. The fourth-order valence-corrected chi connectivity index (χ4v) is 4.20. The van der Waals surface area contributed by atoms with Crippen LogP contribution in [-0.2, 0) is 12.8 Å². The van der Waals surface area contributed by atoms with Crippen LogP contribution in [-0.4, -0.2) is 15.8 Å². The van der Waals surface area contributed by atoms with Gasteiger partial charge in [0, 0.05) is 42.1 Å². The molecule has 1 spiro atoms. The van der Waals surface area contributed by atoms with Crippen molar-refractivity contribution in [3.05, 3.63) is 77.2 Å². The molecule has 1 N–H and O–H groups in total. The lowest BCUT2D eigenvalue weighted by Gasteiger charge is -2.21. The summed E-state index contributed by atoms with van der Waals surface area (Å²) in [4.78, 5) is 20.7. The van der Waals surface area contributed by atoms with Gasteiger partial charge in [-0.15, -0.1) is 0 Å². The topological polar surface area (TPSA) is 45.8 Å². The van der Waals surface area contributed by atoms with E-state index < -0.39 is 0 Å². The zero-order valence-electron chi connectivity index (χ0n) is 14.1. The summed E-state index contributed by atoms with van der Waals surface area (Å²) in [7, 11) is 0. The molecule has 0 atom stereocenters. The predicted octanol–water partition coefficient (Wildman–Crippen LogP) is 4.58. The van der Waals surface area contributed by atoms with E-state index in [1.807, 2.05) is 30.6 Å². The summed E-state index contributed by atoms with van der Waals surface area (Å²) in [5.41, 5.74) is 6.93. The number of aromatic nitrogens is 2. The summed E-state index contributed by atoms with van der Waals surface area (Å²) < 4.78 is 0. The number of ketones is 1. The molecule has 2 aliphatic carbocycles. The molecule has 124 valence electrons. The largest absolute Gasteiger partial charge is 0.358 e. The van der Waals surface area contributed by atoms with E-state index in [1.165, 1.54) is 18.4 Å². The Kier molecular flexibility index (Phi) is 3.17. The molecule has 2 aromatic heterocycles. The third-order valence-electron chi connectivity index (χ3n) is 5.70. The molecule has 3 aromatic rings. The standard InChI is InChI=1S/C22H20N2O/c25-19-14-22(8-9-22)13-18-20(19)17(12-15-4-2-1-3-5-15)21(24-18)16-6-10-23-11-7-16/h1-7,10-11,24H,8-9,12-14H2. The van der Waals surface area contributed by atoms with Gasteiger partial charge in [0.1, 0.15) is 0 Å². The Morgan fingerprint density at radius 2 is 1.76 bits per heavy atom. The van der Waals surface area contributed by atoms with Crippen molar-refractivity contribution in [3.8, 4) is 11.3 Å². The van der Waals surface area contributed by atoms with E-state index in [9.17, 15) is 4.79 Å².